The Morgan fingerprint density at radius 3 is 2.00 bits per heavy atom. The van der Waals surface area contributed by atoms with Crippen LogP contribution in [0.5, 0.6) is 0 Å². The maximum absolute atomic E-state index is 13.5. The third-order valence-corrected chi connectivity index (χ3v) is 5.29. The first-order valence-electron chi connectivity index (χ1n) is 10.7. The van der Waals surface area contributed by atoms with E-state index in [9.17, 15) is 36.6 Å². The maximum Gasteiger partial charge on any atom is 0.416 e. The Balaban J connectivity index is 2.07. The summed E-state index contributed by atoms with van der Waals surface area (Å²) in [7, 11) is 0. The molecular formula is C26H22F5NO3. The molecule has 3 rings (SSSR count). The normalized spacial score (nSPS) is 12.5. The molecule has 0 radical (unpaired) electrons. The second kappa shape index (κ2) is 10.2. The maximum atomic E-state index is 13.5. The summed E-state index contributed by atoms with van der Waals surface area (Å²) in [5.41, 5.74) is 0.0439. The molecular weight excluding hydrogens is 469 g/mol. The number of carbonyl (C=O) groups is 2. The molecule has 2 N–H and O–H groups in total. The van der Waals surface area contributed by atoms with Crippen LogP contribution in [0, 0.1) is 17.6 Å². The summed E-state index contributed by atoms with van der Waals surface area (Å²) in [6, 6.07) is 11.0. The highest BCUT2D eigenvalue weighted by molar-refractivity contribution is 6.04. The molecule has 0 aliphatic carbocycles. The summed E-state index contributed by atoms with van der Waals surface area (Å²) in [6.07, 6.45) is -4.25. The van der Waals surface area contributed by atoms with Gasteiger partial charge in [-0.25, -0.2) is 8.78 Å². The Bertz CT molecular complexity index is 1220. The lowest BCUT2D eigenvalue weighted by atomic mass is 9.88. The van der Waals surface area contributed by atoms with E-state index in [-0.39, 0.29) is 23.6 Å². The van der Waals surface area contributed by atoms with Crippen molar-refractivity contribution < 1.29 is 36.6 Å². The number of hydrogen-bond donors (Lipinski definition) is 2. The number of anilines is 1. The third-order valence-electron chi connectivity index (χ3n) is 5.29. The molecule has 9 heteroatoms. The first kappa shape index (κ1) is 25.9. The van der Waals surface area contributed by atoms with Gasteiger partial charge in [-0.2, -0.15) is 13.2 Å². The molecule has 0 aromatic heterocycles. The molecule has 0 saturated heterocycles. The van der Waals surface area contributed by atoms with E-state index in [1.807, 2.05) is 13.8 Å². The van der Waals surface area contributed by atoms with Crippen molar-refractivity contribution in [3.63, 3.8) is 0 Å². The van der Waals surface area contributed by atoms with E-state index >= 15 is 0 Å². The number of aliphatic carboxylic acids is 1. The van der Waals surface area contributed by atoms with Crippen molar-refractivity contribution in [2.24, 2.45) is 5.92 Å². The summed E-state index contributed by atoms with van der Waals surface area (Å²) in [5, 5.41) is 12.3. The molecule has 1 atom stereocenters. The molecule has 35 heavy (non-hydrogen) atoms. The molecule has 0 aliphatic rings. The lowest BCUT2D eigenvalue weighted by Gasteiger charge is -2.18. The second-order valence-electron chi connectivity index (χ2n) is 8.55. The molecule has 1 amide bonds. The Hall–Kier alpha value is -3.75. The van der Waals surface area contributed by atoms with Gasteiger partial charge in [-0.05, 0) is 65.4 Å². The molecule has 0 fully saturated rings. The summed E-state index contributed by atoms with van der Waals surface area (Å²) < 4.78 is 66.0. The zero-order valence-electron chi connectivity index (χ0n) is 18.8. The Morgan fingerprint density at radius 1 is 0.886 bits per heavy atom. The largest absolute Gasteiger partial charge is 0.481 e. The fourth-order valence-corrected chi connectivity index (χ4v) is 3.68. The minimum absolute atomic E-state index is 0.0131. The van der Waals surface area contributed by atoms with Crippen LogP contribution >= 0.6 is 0 Å². The standard InChI is InChI=1S/C26H22F5NO3/c1-14(2)7-23(25(34)35)17-8-16(15-3-5-19(6-4-15)26(29,30)31)11-22(12-17)32-24(33)18-9-20(27)13-21(28)10-18/h3-6,8-14,23H,7H2,1-2H3,(H,32,33)(H,34,35). The van der Waals surface area contributed by atoms with Gasteiger partial charge in [-0.15, -0.1) is 0 Å². The van der Waals surface area contributed by atoms with E-state index in [0.29, 0.717) is 22.8 Å². The number of amides is 1. The summed E-state index contributed by atoms with van der Waals surface area (Å²) in [4.78, 5) is 24.6. The number of carboxylic acid groups (broad SMARTS) is 1. The molecule has 4 nitrogen and oxygen atoms in total. The summed E-state index contributed by atoms with van der Waals surface area (Å²) >= 11 is 0. The predicted molar refractivity (Wildman–Crippen MR) is 121 cm³/mol. The number of halogens is 5. The lowest BCUT2D eigenvalue weighted by Crippen LogP contribution is -2.16. The molecule has 1 unspecified atom stereocenters. The van der Waals surface area contributed by atoms with Crippen LogP contribution in [0.4, 0.5) is 27.6 Å². The van der Waals surface area contributed by atoms with Crippen molar-refractivity contribution in [1.82, 2.24) is 0 Å². The van der Waals surface area contributed by atoms with Crippen LogP contribution in [0.2, 0.25) is 0 Å². The average molecular weight is 491 g/mol. The molecule has 3 aromatic rings. The Morgan fingerprint density at radius 2 is 1.49 bits per heavy atom. The van der Waals surface area contributed by atoms with Gasteiger partial charge in [0.1, 0.15) is 11.6 Å². The number of carbonyl (C=O) groups excluding carboxylic acids is 1. The zero-order valence-corrected chi connectivity index (χ0v) is 18.8. The molecule has 0 spiro atoms. The van der Waals surface area contributed by atoms with Crippen molar-refractivity contribution >= 4 is 17.6 Å². The highest BCUT2D eigenvalue weighted by atomic mass is 19.4. The van der Waals surface area contributed by atoms with Gasteiger partial charge < -0.3 is 10.4 Å². The third kappa shape index (κ3) is 6.65. The van der Waals surface area contributed by atoms with E-state index in [1.54, 1.807) is 6.07 Å². The smallest absolute Gasteiger partial charge is 0.416 e. The molecule has 184 valence electrons. The Kier molecular flexibility index (Phi) is 7.57. The SMILES string of the molecule is CC(C)CC(C(=O)O)c1cc(NC(=O)c2cc(F)cc(F)c2)cc(-c2ccc(C(F)(F)F)cc2)c1. The first-order valence-corrected chi connectivity index (χ1v) is 10.7. The van der Waals surface area contributed by atoms with Crippen molar-refractivity contribution in [3.05, 3.63) is 89.0 Å². The zero-order chi connectivity index (χ0) is 25.9. The van der Waals surface area contributed by atoms with Crippen LogP contribution in [0.1, 0.15) is 47.7 Å². The van der Waals surface area contributed by atoms with Crippen molar-refractivity contribution in [3.8, 4) is 11.1 Å². The lowest BCUT2D eigenvalue weighted by molar-refractivity contribution is -0.139. The van der Waals surface area contributed by atoms with Gasteiger partial charge in [-0.3, -0.25) is 9.59 Å². The molecule has 3 aromatic carbocycles. The molecule has 0 saturated carbocycles. The summed E-state index contributed by atoms with van der Waals surface area (Å²) in [5.74, 6) is -4.78. The van der Waals surface area contributed by atoms with Crippen LogP contribution < -0.4 is 5.32 Å². The van der Waals surface area contributed by atoms with E-state index < -0.39 is 41.2 Å². The highest BCUT2D eigenvalue weighted by Crippen LogP contribution is 2.34. The summed E-state index contributed by atoms with van der Waals surface area (Å²) in [6.45, 7) is 3.69. The van der Waals surface area contributed by atoms with Gasteiger partial charge >= 0.3 is 12.1 Å². The van der Waals surface area contributed by atoms with Gasteiger partial charge in [-0.1, -0.05) is 32.0 Å². The quantitative estimate of drug-likeness (QED) is 0.346. The number of nitrogens with one attached hydrogen (secondary N) is 1. The van der Waals surface area contributed by atoms with Crippen LogP contribution in [0.15, 0.2) is 60.7 Å². The number of carboxylic acids is 1. The van der Waals surface area contributed by atoms with E-state index in [0.717, 1.165) is 24.3 Å². The fourth-order valence-electron chi connectivity index (χ4n) is 3.68. The van der Waals surface area contributed by atoms with Crippen LogP contribution in [-0.2, 0) is 11.0 Å². The van der Waals surface area contributed by atoms with Crippen molar-refractivity contribution in [2.45, 2.75) is 32.4 Å². The Labute approximate surface area is 198 Å². The van der Waals surface area contributed by atoms with Gasteiger partial charge in [0.15, 0.2) is 0 Å². The number of alkyl halides is 3. The van der Waals surface area contributed by atoms with Gasteiger partial charge in [0.2, 0.25) is 0 Å². The number of hydrogen-bond acceptors (Lipinski definition) is 2. The molecule has 0 heterocycles. The van der Waals surface area contributed by atoms with Crippen molar-refractivity contribution in [1.29, 1.82) is 0 Å². The average Bonchev–Trinajstić information content (AvgIpc) is 2.75. The molecule has 0 aliphatic heterocycles. The van der Waals surface area contributed by atoms with Gasteiger partial charge in [0, 0.05) is 17.3 Å². The second-order valence-corrected chi connectivity index (χ2v) is 8.55. The van der Waals surface area contributed by atoms with Crippen molar-refractivity contribution in [2.75, 3.05) is 5.32 Å². The van der Waals surface area contributed by atoms with E-state index in [4.69, 9.17) is 0 Å². The number of rotatable bonds is 7. The monoisotopic (exact) mass is 491 g/mol. The van der Waals surface area contributed by atoms with Crippen LogP contribution in [0.25, 0.3) is 11.1 Å². The fraction of sp³-hybridized carbons (Fsp3) is 0.231. The van der Waals surface area contributed by atoms with Gasteiger partial charge in [0.05, 0.1) is 11.5 Å². The van der Waals surface area contributed by atoms with E-state index in [1.165, 1.54) is 24.3 Å². The molecule has 0 bridgehead atoms. The topological polar surface area (TPSA) is 66.4 Å². The highest BCUT2D eigenvalue weighted by Gasteiger charge is 2.30. The minimum atomic E-state index is -4.52. The van der Waals surface area contributed by atoms with Crippen LogP contribution in [-0.4, -0.2) is 17.0 Å². The van der Waals surface area contributed by atoms with Crippen LogP contribution in [0.3, 0.4) is 0 Å². The minimum Gasteiger partial charge on any atom is -0.481 e. The first-order chi connectivity index (χ1) is 16.3. The number of benzene rings is 3. The van der Waals surface area contributed by atoms with E-state index in [2.05, 4.69) is 5.32 Å². The predicted octanol–water partition coefficient (Wildman–Crippen LogP) is 7.12. The van der Waals surface area contributed by atoms with Gasteiger partial charge in [0.25, 0.3) is 5.91 Å².